The molecule has 190 valence electrons. The minimum atomic E-state index is -0.439. The quantitative estimate of drug-likeness (QED) is 0.192. The van der Waals surface area contributed by atoms with Crippen molar-refractivity contribution in [2.75, 3.05) is 7.11 Å². The topological polar surface area (TPSA) is 94.3 Å². The van der Waals surface area contributed by atoms with Crippen LogP contribution in [0.15, 0.2) is 76.6 Å². The molecule has 0 spiro atoms. The van der Waals surface area contributed by atoms with Gasteiger partial charge in [-0.05, 0) is 86.1 Å². The Labute approximate surface area is 219 Å². The van der Waals surface area contributed by atoms with Gasteiger partial charge in [-0.25, -0.2) is 4.99 Å². The van der Waals surface area contributed by atoms with Crippen LogP contribution in [-0.4, -0.2) is 34.0 Å². The molecule has 3 aromatic rings. The number of rotatable bonds is 8. The Kier molecular flexibility index (Phi) is 7.93. The zero-order valence-corrected chi connectivity index (χ0v) is 21.8. The molecule has 37 heavy (non-hydrogen) atoms. The fraction of sp³-hybridized carbons (Fsp3) is 0.214. The number of nitro groups is 1. The van der Waals surface area contributed by atoms with Crippen LogP contribution in [0.1, 0.15) is 30.5 Å². The lowest BCUT2D eigenvalue weighted by molar-refractivity contribution is -0.384. The third-order valence-corrected chi connectivity index (χ3v) is 6.62. The number of hydrogen-bond acceptors (Lipinski definition) is 7. The highest BCUT2D eigenvalue weighted by molar-refractivity contribution is 8.18. The van der Waals surface area contributed by atoms with Crippen LogP contribution in [0.3, 0.4) is 0 Å². The molecule has 8 nitrogen and oxygen atoms in total. The fourth-order valence-corrected chi connectivity index (χ4v) is 4.79. The molecule has 0 atom stereocenters. The fourth-order valence-electron chi connectivity index (χ4n) is 3.67. The van der Waals surface area contributed by atoms with Crippen molar-refractivity contribution >= 4 is 40.3 Å². The zero-order chi connectivity index (χ0) is 26.5. The van der Waals surface area contributed by atoms with Crippen LogP contribution >= 0.6 is 11.8 Å². The lowest BCUT2D eigenvalue weighted by atomic mass is 10.1. The molecular weight excluding hydrogens is 490 g/mol. The first kappa shape index (κ1) is 26.0. The van der Waals surface area contributed by atoms with E-state index >= 15 is 0 Å². The number of ether oxygens (including phenoxy) is 2. The molecule has 0 bridgehead atoms. The normalized spacial score (nSPS) is 15.6. The number of nitrogens with zero attached hydrogens (tertiary/aromatic N) is 3. The van der Waals surface area contributed by atoms with E-state index in [0.717, 1.165) is 22.4 Å². The molecule has 1 fully saturated rings. The summed E-state index contributed by atoms with van der Waals surface area (Å²) in [7, 11) is 1.55. The van der Waals surface area contributed by atoms with E-state index in [1.54, 1.807) is 36.3 Å². The first-order valence-electron chi connectivity index (χ1n) is 11.7. The van der Waals surface area contributed by atoms with Gasteiger partial charge in [0.1, 0.15) is 6.61 Å². The van der Waals surface area contributed by atoms with Gasteiger partial charge in [0.05, 0.1) is 22.6 Å². The average molecular weight is 518 g/mol. The summed E-state index contributed by atoms with van der Waals surface area (Å²) in [5, 5.41) is 11.5. The summed E-state index contributed by atoms with van der Waals surface area (Å²) >= 11 is 1.34. The van der Waals surface area contributed by atoms with Gasteiger partial charge < -0.3 is 9.47 Å². The number of aryl methyl sites for hydroxylation is 1. The smallest absolute Gasteiger partial charge is 0.269 e. The predicted octanol–water partition coefficient (Wildman–Crippen LogP) is 6.50. The SMILES string of the molecule is COc1cc(/C=C2/SC(=Nc3ccc(C)cc3)N(C(C)C)C2=O)ccc1OCc1ccc([N+](=O)[O-])cc1. The largest absolute Gasteiger partial charge is 0.493 e. The maximum atomic E-state index is 13.2. The molecule has 9 heteroatoms. The van der Waals surface area contributed by atoms with Crippen LogP contribution in [0, 0.1) is 17.0 Å². The molecule has 0 aliphatic carbocycles. The second-order valence-electron chi connectivity index (χ2n) is 8.73. The van der Waals surface area contributed by atoms with Gasteiger partial charge in [0, 0.05) is 18.2 Å². The number of amides is 1. The molecule has 0 N–H and O–H groups in total. The maximum Gasteiger partial charge on any atom is 0.269 e. The number of methoxy groups -OCH3 is 1. The Morgan fingerprint density at radius 2 is 1.76 bits per heavy atom. The summed E-state index contributed by atoms with van der Waals surface area (Å²) in [6.07, 6.45) is 1.82. The predicted molar refractivity (Wildman–Crippen MR) is 146 cm³/mol. The standard InChI is InChI=1S/C28H27N3O5S/c1-18(2)30-27(32)26(37-28(30)29-22-10-5-19(3)6-11-22)16-21-9-14-24(25(15-21)35-4)36-17-20-7-12-23(13-8-20)31(33)34/h5-16,18H,17H2,1-4H3/b26-16+,29-28?. The third kappa shape index (κ3) is 6.18. The number of non-ortho nitro benzene ring substituents is 1. The van der Waals surface area contributed by atoms with Crippen molar-refractivity contribution in [3.8, 4) is 11.5 Å². The first-order chi connectivity index (χ1) is 17.7. The maximum absolute atomic E-state index is 13.2. The van der Waals surface area contributed by atoms with Crippen molar-refractivity contribution in [1.82, 2.24) is 4.90 Å². The number of benzene rings is 3. The van der Waals surface area contributed by atoms with Gasteiger partial charge in [-0.2, -0.15) is 0 Å². The Hall–Kier alpha value is -4.11. The molecule has 0 aromatic heterocycles. The second kappa shape index (κ2) is 11.3. The number of amidine groups is 1. The van der Waals surface area contributed by atoms with Crippen LogP contribution in [0.2, 0.25) is 0 Å². The number of aliphatic imine (C=N–C) groups is 1. The van der Waals surface area contributed by atoms with Gasteiger partial charge >= 0.3 is 0 Å². The number of carbonyl (C=O) groups is 1. The van der Waals surface area contributed by atoms with Crippen LogP contribution < -0.4 is 9.47 Å². The van der Waals surface area contributed by atoms with Gasteiger partial charge in [-0.1, -0.05) is 23.8 Å². The van der Waals surface area contributed by atoms with E-state index in [2.05, 4.69) is 0 Å². The minimum Gasteiger partial charge on any atom is -0.493 e. The molecule has 1 aliphatic heterocycles. The van der Waals surface area contributed by atoms with Crippen LogP contribution in [-0.2, 0) is 11.4 Å². The monoisotopic (exact) mass is 517 g/mol. The number of carbonyl (C=O) groups excluding carboxylic acids is 1. The van der Waals surface area contributed by atoms with Crippen molar-refractivity contribution in [2.45, 2.75) is 33.4 Å². The number of hydrogen-bond donors (Lipinski definition) is 0. The van der Waals surface area contributed by atoms with Gasteiger partial charge in [0.2, 0.25) is 0 Å². The molecule has 0 unspecified atom stereocenters. The summed E-state index contributed by atoms with van der Waals surface area (Å²) in [4.78, 5) is 30.6. The van der Waals surface area contributed by atoms with E-state index in [0.29, 0.717) is 21.6 Å². The molecule has 3 aromatic carbocycles. The molecule has 1 amide bonds. The Bertz CT molecular complexity index is 1370. The summed E-state index contributed by atoms with van der Waals surface area (Å²) in [6, 6.07) is 19.5. The molecule has 1 heterocycles. The first-order valence-corrected chi connectivity index (χ1v) is 12.5. The number of thioether (sulfide) groups is 1. The van der Waals surface area contributed by atoms with E-state index < -0.39 is 4.92 Å². The van der Waals surface area contributed by atoms with Crippen LogP contribution in [0.25, 0.3) is 6.08 Å². The Balaban J connectivity index is 1.53. The highest BCUT2D eigenvalue weighted by atomic mass is 32.2. The molecule has 4 rings (SSSR count). The van der Waals surface area contributed by atoms with E-state index in [1.165, 1.54) is 23.9 Å². The lowest BCUT2D eigenvalue weighted by Crippen LogP contribution is -2.35. The molecule has 1 saturated heterocycles. The van der Waals surface area contributed by atoms with Gasteiger partial charge in [0.15, 0.2) is 16.7 Å². The van der Waals surface area contributed by atoms with Crippen molar-refractivity contribution < 1.29 is 19.2 Å². The van der Waals surface area contributed by atoms with Crippen LogP contribution in [0.4, 0.5) is 11.4 Å². The van der Waals surface area contributed by atoms with Crippen LogP contribution in [0.5, 0.6) is 11.5 Å². The van der Waals surface area contributed by atoms with Crippen molar-refractivity contribution in [3.05, 3.63) is 98.4 Å². The van der Waals surface area contributed by atoms with Gasteiger partial charge in [0.25, 0.3) is 11.6 Å². The van der Waals surface area contributed by atoms with E-state index in [9.17, 15) is 14.9 Å². The summed E-state index contributed by atoms with van der Waals surface area (Å²) < 4.78 is 11.4. The summed E-state index contributed by atoms with van der Waals surface area (Å²) in [5.41, 5.74) is 3.55. The molecule has 1 aliphatic rings. The Morgan fingerprint density at radius 3 is 2.38 bits per heavy atom. The Morgan fingerprint density at radius 1 is 1.05 bits per heavy atom. The van der Waals surface area contributed by atoms with E-state index in [1.807, 2.05) is 57.2 Å². The molecule has 0 saturated carbocycles. The third-order valence-electron chi connectivity index (χ3n) is 5.64. The summed E-state index contributed by atoms with van der Waals surface area (Å²) in [5.74, 6) is 0.947. The van der Waals surface area contributed by atoms with E-state index in [-0.39, 0.29) is 24.2 Å². The van der Waals surface area contributed by atoms with Gasteiger partial charge in [-0.3, -0.25) is 19.8 Å². The zero-order valence-electron chi connectivity index (χ0n) is 21.0. The lowest BCUT2D eigenvalue weighted by Gasteiger charge is -2.19. The van der Waals surface area contributed by atoms with Crippen molar-refractivity contribution in [3.63, 3.8) is 0 Å². The highest BCUT2D eigenvalue weighted by Gasteiger charge is 2.35. The highest BCUT2D eigenvalue weighted by Crippen LogP contribution is 2.37. The molecular formula is C28H27N3O5S. The second-order valence-corrected chi connectivity index (χ2v) is 9.74. The van der Waals surface area contributed by atoms with Gasteiger partial charge in [-0.15, -0.1) is 0 Å². The minimum absolute atomic E-state index is 0.0288. The van der Waals surface area contributed by atoms with E-state index in [4.69, 9.17) is 14.5 Å². The average Bonchev–Trinajstić information content (AvgIpc) is 3.19. The number of nitro benzene ring substituents is 1. The van der Waals surface area contributed by atoms with Crippen molar-refractivity contribution in [2.24, 2.45) is 4.99 Å². The summed E-state index contributed by atoms with van der Waals surface area (Å²) in [6.45, 7) is 6.18. The molecule has 0 radical (unpaired) electrons. The van der Waals surface area contributed by atoms with Crippen molar-refractivity contribution in [1.29, 1.82) is 0 Å².